The van der Waals surface area contributed by atoms with E-state index in [0.717, 1.165) is 0 Å². The molecule has 0 aliphatic heterocycles. The molecule has 1 amide bonds. The summed E-state index contributed by atoms with van der Waals surface area (Å²) in [5.41, 5.74) is 7.87. The molecular weight excluding hydrogens is 248 g/mol. The molecule has 0 radical (unpaired) electrons. The first-order chi connectivity index (χ1) is 9.06. The lowest BCUT2D eigenvalue weighted by molar-refractivity contribution is -0.136. The van der Waals surface area contributed by atoms with Gasteiger partial charge >= 0.3 is 5.97 Å². The number of nitrogens with zero attached hydrogens (tertiary/aromatic N) is 2. The van der Waals surface area contributed by atoms with Gasteiger partial charge in [0, 0.05) is 12.6 Å². The van der Waals surface area contributed by atoms with Gasteiger partial charge in [0.25, 0.3) is 0 Å². The summed E-state index contributed by atoms with van der Waals surface area (Å²) in [5, 5.41) is 5.99. The monoisotopic (exact) mass is 261 g/mol. The molecular formula is C12H13N4O3+. The maximum Gasteiger partial charge on any atom is 0.364 e. The van der Waals surface area contributed by atoms with Gasteiger partial charge in [-0.25, -0.2) is 4.79 Å². The van der Waals surface area contributed by atoms with Crippen molar-refractivity contribution in [3.05, 3.63) is 35.5 Å². The average Bonchev–Trinajstić information content (AvgIpc) is 2.39. The number of hydrogen-bond acceptors (Lipinski definition) is 5. The summed E-state index contributed by atoms with van der Waals surface area (Å²) >= 11 is 0. The molecule has 0 atom stereocenters. The largest absolute Gasteiger partial charge is 0.464 e. The van der Waals surface area contributed by atoms with E-state index in [9.17, 15) is 9.59 Å². The highest BCUT2D eigenvalue weighted by atomic mass is 16.5. The minimum Gasteiger partial charge on any atom is -0.464 e. The number of nitrogens with one attached hydrogen (secondary N) is 2. The Bertz CT molecular complexity index is 557. The Morgan fingerprint density at radius 1 is 1.37 bits per heavy atom. The second-order valence-corrected chi connectivity index (χ2v) is 3.52. The molecule has 0 fully saturated rings. The minimum atomic E-state index is -0.679. The normalized spacial score (nSPS) is 10.3. The van der Waals surface area contributed by atoms with E-state index < -0.39 is 5.97 Å². The summed E-state index contributed by atoms with van der Waals surface area (Å²) < 4.78 is 4.51. The Kier molecular flexibility index (Phi) is 5.13. The Morgan fingerprint density at radius 3 is 2.47 bits per heavy atom. The molecule has 0 heterocycles. The van der Waals surface area contributed by atoms with Crippen LogP contribution in [0.1, 0.15) is 12.5 Å². The lowest BCUT2D eigenvalue weighted by atomic mass is 10.1. The highest BCUT2D eigenvalue weighted by molar-refractivity contribution is 5.93. The number of amides is 1. The number of hydrogen-bond donors (Lipinski definition) is 2. The molecule has 0 bridgehead atoms. The molecule has 2 N–H and O–H groups in total. The topological polar surface area (TPSA) is 106 Å². The zero-order chi connectivity index (χ0) is 14.3. The third-order valence-corrected chi connectivity index (χ3v) is 2.09. The number of ether oxygens (including phenoxy) is 1. The third-order valence-electron chi connectivity index (χ3n) is 2.09. The third kappa shape index (κ3) is 4.53. The van der Waals surface area contributed by atoms with Gasteiger partial charge in [0.15, 0.2) is 5.11 Å². The van der Waals surface area contributed by atoms with Crippen LogP contribution in [0.2, 0.25) is 0 Å². The number of carbonyl (C=O) groups is 2. The quantitative estimate of drug-likeness (QED) is 0.373. The van der Waals surface area contributed by atoms with E-state index in [2.05, 4.69) is 20.1 Å². The van der Waals surface area contributed by atoms with Crippen molar-refractivity contribution in [2.75, 3.05) is 12.4 Å². The van der Waals surface area contributed by atoms with Crippen LogP contribution in [0.4, 0.5) is 5.69 Å². The number of esters is 1. The van der Waals surface area contributed by atoms with Crippen LogP contribution in [-0.2, 0) is 14.3 Å². The fourth-order valence-corrected chi connectivity index (χ4v) is 1.31. The Hall–Kier alpha value is -2.79. The molecule has 0 aliphatic carbocycles. The van der Waals surface area contributed by atoms with E-state index in [1.54, 1.807) is 24.3 Å². The molecule has 1 aromatic carbocycles. The zero-order valence-corrected chi connectivity index (χ0v) is 10.5. The fraction of sp³-hybridized carbons (Fsp3) is 0.167. The van der Waals surface area contributed by atoms with Gasteiger partial charge in [-0.2, -0.15) is 0 Å². The van der Waals surface area contributed by atoms with Gasteiger partial charge in [0.1, 0.15) is 5.53 Å². The van der Waals surface area contributed by atoms with Gasteiger partial charge < -0.3 is 10.1 Å². The molecule has 0 saturated heterocycles. The average molecular weight is 261 g/mol. The van der Waals surface area contributed by atoms with Crippen LogP contribution in [0, 0.1) is 5.53 Å². The van der Waals surface area contributed by atoms with Crippen LogP contribution in [-0.4, -0.2) is 19.0 Å². The second kappa shape index (κ2) is 6.83. The van der Waals surface area contributed by atoms with E-state index in [4.69, 9.17) is 5.53 Å². The second-order valence-electron chi connectivity index (χ2n) is 3.52. The molecule has 0 saturated carbocycles. The van der Waals surface area contributed by atoms with E-state index >= 15 is 0 Å². The summed E-state index contributed by atoms with van der Waals surface area (Å²) in [6.45, 7) is 1.41. The van der Waals surface area contributed by atoms with Crippen LogP contribution in [0.3, 0.4) is 0 Å². The fourth-order valence-electron chi connectivity index (χ4n) is 1.31. The SMILES string of the molecule is COC(=O)/C(=C\c1ccc(NC(C)=O)cc1)N=[N+]=N. The maximum atomic E-state index is 11.3. The molecule has 7 nitrogen and oxygen atoms in total. The van der Waals surface area contributed by atoms with Crippen molar-refractivity contribution in [2.45, 2.75) is 6.92 Å². The first kappa shape index (κ1) is 14.3. The summed E-state index contributed by atoms with van der Waals surface area (Å²) in [5.74, 6) is -0.844. The Morgan fingerprint density at radius 2 is 2.00 bits per heavy atom. The highest BCUT2D eigenvalue weighted by Gasteiger charge is 2.13. The van der Waals surface area contributed by atoms with Crippen molar-refractivity contribution in [3.63, 3.8) is 0 Å². The Labute approximate surface area is 109 Å². The molecule has 1 aromatic rings. The van der Waals surface area contributed by atoms with E-state index in [-0.39, 0.29) is 11.6 Å². The molecule has 0 aliphatic rings. The molecule has 98 valence electrons. The number of anilines is 1. The summed E-state index contributed by atoms with van der Waals surface area (Å²) in [6.07, 6.45) is 1.43. The highest BCUT2D eigenvalue weighted by Crippen LogP contribution is 2.13. The first-order valence-corrected chi connectivity index (χ1v) is 5.32. The molecule has 7 heteroatoms. The lowest BCUT2D eigenvalue weighted by Crippen LogP contribution is -2.05. The predicted molar refractivity (Wildman–Crippen MR) is 68.0 cm³/mol. The van der Waals surface area contributed by atoms with Crippen molar-refractivity contribution in [2.24, 2.45) is 5.11 Å². The smallest absolute Gasteiger partial charge is 0.364 e. The minimum absolute atomic E-state index is 0.0789. The van der Waals surface area contributed by atoms with Crippen LogP contribution >= 0.6 is 0 Å². The number of rotatable bonds is 4. The van der Waals surface area contributed by atoms with Gasteiger partial charge in [-0.05, 0) is 23.8 Å². The number of methoxy groups -OCH3 is 1. The van der Waals surface area contributed by atoms with E-state index in [1.807, 2.05) is 0 Å². The van der Waals surface area contributed by atoms with Crippen LogP contribution in [0.5, 0.6) is 0 Å². The Balaban J connectivity index is 2.99. The zero-order valence-electron chi connectivity index (χ0n) is 10.5. The summed E-state index contributed by atoms with van der Waals surface area (Å²) in [7, 11) is 1.22. The van der Waals surface area contributed by atoms with Crippen molar-refractivity contribution < 1.29 is 14.3 Å². The molecule has 0 aromatic heterocycles. The molecule has 0 spiro atoms. The van der Waals surface area contributed by atoms with Crippen LogP contribution < -0.4 is 10.2 Å². The van der Waals surface area contributed by atoms with E-state index in [1.165, 1.54) is 20.1 Å². The van der Waals surface area contributed by atoms with Gasteiger partial charge in [0.2, 0.25) is 16.5 Å². The van der Waals surface area contributed by atoms with Gasteiger partial charge in [-0.15, -0.1) is 0 Å². The molecule has 0 unspecified atom stereocenters. The predicted octanol–water partition coefficient (Wildman–Crippen LogP) is 1.71. The van der Waals surface area contributed by atoms with E-state index in [0.29, 0.717) is 11.3 Å². The number of carbonyl (C=O) groups excluding carboxylic acids is 2. The standard InChI is InChI=1S/C12H12N4O3/c1-8(17)14-10-5-3-9(4-6-10)7-11(15-16-13)12(18)19-2/h3-7,13H,1-2H3/p+1. The van der Waals surface area contributed by atoms with Gasteiger partial charge in [-0.1, -0.05) is 12.1 Å². The van der Waals surface area contributed by atoms with Gasteiger partial charge in [0.05, 0.1) is 7.11 Å². The van der Waals surface area contributed by atoms with Crippen molar-refractivity contribution in [1.29, 1.82) is 5.53 Å². The number of benzene rings is 1. The molecule has 1 rings (SSSR count). The first-order valence-electron chi connectivity index (χ1n) is 5.32. The maximum absolute atomic E-state index is 11.3. The summed E-state index contributed by atoms with van der Waals surface area (Å²) in [6, 6.07) is 6.74. The van der Waals surface area contributed by atoms with Crippen molar-refractivity contribution in [1.82, 2.24) is 4.91 Å². The van der Waals surface area contributed by atoms with Crippen molar-refractivity contribution >= 4 is 23.6 Å². The van der Waals surface area contributed by atoms with Crippen molar-refractivity contribution in [3.8, 4) is 0 Å². The van der Waals surface area contributed by atoms with Crippen LogP contribution in [0.25, 0.3) is 6.08 Å². The summed E-state index contributed by atoms with van der Waals surface area (Å²) in [4.78, 5) is 25.0. The lowest BCUT2D eigenvalue weighted by Gasteiger charge is -2.01. The van der Waals surface area contributed by atoms with Crippen LogP contribution in [0.15, 0.2) is 35.1 Å². The van der Waals surface area contributed by atoms with Gasteiger partial charge in [-0.3, -0.25) is 4.79 Å². The molecule has 19 heavy (non-hydrogen) atoms.